The van der Waals surface area contributed by atoms with Crippen molar-refractivity contribution < 1.29 is 14.3 Å². The molecule has 0 unspecified atom stereocenters. The number of thioether (sulfide) groups is 1. The fraction of sp³-hybridized carbons (Fsp3) is 0.158. The van der Waals surface area contributed by atoms with Crippen LogP contribution in [0.2, 0.25) is 0 Å². The zero-order valence-corrected chi connectivity index (χ0v) is 18.6. The Hall–Kier alpha value is -1.77. The van der Waals surface area contributed by atoms with Crippen molar-refractivity contribution in [3.63, 3.8) is 0 Å². The number of amides is 1. The molecule has 1 amide bonds. The third kappa shape index (κ3) is 4.94. The number of rotatable bonds is 5. The van der Waals surface area contributed by atoms with Crippen LogP contribution < -0.4 is 14.8 Å². The van der Waals surface area contributed by atoms with Gasteiger partial charge in [-0.2, -0.15) is 0 Å². The second-order valence-electron chi connectivity index (χ2n) is 5.43. The Morgan fingerprint density at radius 2 is 1.85 bits per heavy atom. The van der Waals surface area contributed by atoms with E-state index < -0.39 is 0 Å². The van der Waals surface area contributed by atoms with E-state index in [0.717, 1.165) is 25.9 Å². The summed E-state index contributed by atoms with van der Waals surface area (Å²) >= 11 is 8.24. The van der Waals surface area contributed by atoms with Gasteiger partial charge >= 0.3 is 0 Å². The molecule has 0 spiro atoms. The number of carbonyl (C=O) groups is 1. The van der Waals surface area contributed by atoms with Crippen molar-refractivity contribution in [3.8, 4) is 11.5 Å². The van der Waals surface area contributed by atoms with Crippen molar-refractivity contribution in [2.24, 2.45) is 4.99 Å². The minimum Gasteiger partial charge on any atom is -0.494 e. The number of carbonyl (C=O) groups excluding carboxylic acids is 1. The van der Waals surface area contributed by atoms with Gasteiger partial charge in [0.1, 0.15) is 11.5 Å². The van der Waals surface area contributed by atoms with Crippen molar-refractivity contribution in [1.82, 2.24) is 5.32 Å². The van der Waals surface area contributed by atoms with Crippen molar-refractivity contribution in [2.75, 3.05) is 13.7 Å². The Morgan fingerprint density at radius 1 is 1.19 bits per heavy atom. The molecule has 1 aliphatic heterocycles. The van der Waals surface area contributed by atoms with Crippen molar-refractivity contribution in [3.05, 3.63) is 55.8 Å². The molecule has 0 atom stereocenters. The van der Waals surface area contributed by atoms with Gasteiger partial charge in [0.05, 0.1) is 33.3 Å². The van der Waals surface area contributed by atoms with Gasteiger partial charge in [-0.25, -0.2) is 4.99 Å². The number of amidine groups is 1. The van der Waals surface area contributed by atoms with Gasteiger partial charge in [0, 0.05) is 0 Å². The number of aliphatic imine (C=N–C) groups is 1. The second kappa shape index (κ2) is 8.95. The number of benzene rings is 2. The van der Waals surface area contributed by atoms with Crippen LogP contribution in [0.4, 0.5) is 5.69 Å². The standard InChI is InChI=1S/C19H16Br2N2O3S/c1-3-26-13-6-4-12(5-7-13)22-19-23-18(24)16(27-19)10-11-8-14(20)17(25-2)15(21)9-11/h4-10H,3H2,1-2H3,(H,22,23,24)/b16-10+. The summed E-state index contributed by atoms with van der Waals surface area (Å²) in [5.74, 6) is 1.33. The van der Waals surface area contributed by atoms with Crippen LogP contribution in [0.25, 0.3) is 6.08 Å². The van der Waals surface area contributed by atoms with Crippen LogP contribution >= 0.6 is 43.6 Å². The molecule has 1 heterocycles. The molecule has 0 aliphatic carbocycles. The maximum Gasteiger partial charge on any atom is 0.264 e. The summed E-state index contributed by atoms with van der Waals surface area (Å²) in [7, 11) is 1.60. The van der Waals surface area contributed by atoms with Crippen molar-refractivity contribution >= 4 is 66.5 Å². The highest BCUT2D eigenvalue weighted by Gasteiger charge is 2.24. The van der Waals surface area contributed by atoms with E-state index in [4.69, 9.17) is 9.47 Å². The number of halogens is 2. The van der Waals surface area contributed by atoms with E-state index in [1.807, 2.05) is 49.4 Å². The molecule has 1 N–H and O–H groups in total. The lowest BCUT2D eigenvalue weighted by Gasteiger charge is -2.07. The van der Waals surface area contributed by atoms with Gasteiger partial charge < -0.3 is 14.8 Å². The van der Waals surface area contributed by atoms with Crippen molar-refractivity contribution in [2.45, 2.75) is 6.92 Å². The summed E-state index contributed by atoms with van der Waals surface area (Å²) in [6, 6.07) is 11.2. The molecule has 3 rings (SSSR count). The first-order valence-electron chi connectivity index (χ1n) is 8.05. The van der Waals surface area contributed by atoms with Crippen LogP contribution in [0, 0.1) is 0 Å². The van der Waals surface area contributed by atoms with Gasteiger partial charge in [0.15, 0.2) is 5.17 Å². The minimum absolute atomic E-state index is 0.173. The fourth-order valence-corrected chi connectivity index (χ4v) is 4.78. The van der Waals surface area contributed by atoms with Gasteiger partial charge in [-0.1, -0.05) is 0 Å². The van der Waals surface area contributed by atoms with E-state index in [-0.39, 0.29) is 5.91 Å². The Bertz CT molecular complexity index is 904. The molecule has 0 bridgehead atoms. The molecule has 2 aromatic carbocycles. The molecule has 0 aromatic heterocycles. The smallest absolute Gasteiger partial charge is 0.264 e. The predicted octanol–water partition coefficient (Wildman–Crippen LogP) is 5.51. The maximum atomic E-state index is 12.3. The first kappa shape index (κ1) is 20.0. The van der Waals surface area contributed by atoms with Gasteiger partial charge in [0.2, 0.25) is 0 Å². The SMILES string of the molecule is CCOc1ccc(N=C2NC(=O)/C(=C\c3cc(Br)c(OC)c(Br)c3)S2)cc1. The highest BCUT2D eigenvalue weighted by atomic mass is 79.9. The van der Waals surface area contributed by atoms with E-state index in [2.05, 4.69) is 42.2 Å². The van der Waals surface area contributed by atoms with Gasteiger partial charge in [0.25, 0.3) is 5.91 Å². The van der Waals surface area contributed by atoms with E-state index in [1.165, 1.54) is 11.8 Å². The second-order valence-corrected chi connectivity index (χ2v) is 8.17. The Balaban J connectivity index is 1.80. The predicted molar refractivity (Wildman–Crippen MR) is 117 cm³/mol. The monoisotopic (exact) mass is 510 g/mol. The van der Waals surface area contributed by atoms with Crippen LogP contribution in [0.5, 0.6) is 11.5 Å². The topological polar surface area (TPSA) is 59.9 Å². The van der Waals surface area contributed by atoms with Crippen LogP contribution in [-0.2, 0) is 4.79 Å². The first-order chi connectivity index (χ1) is 13.0. The summed E-state index contributed by atoms with van der Waals surface area (Å²) in [5, 5.41) is 3.33. The van der Waals surface area contributed by atoms with E-state index in [9.17, 15) is 4.79 Å². The number of hydrogen-bond acceptors (Lipinski definition) is 5. The largest absolute Gasteiger partial charge is 0.494 e. The van der Waals surface area contributed by atoms with Crippen LogP contribution in [0.1, 0.15) is 12.5 Å². The number of methoxy groups -OCH3 is 1. The Morgan fingerprint density at radius 3 is 2.44 bits per heavy atom. The number of ether oxygens (including phenoxy) is 2. The lowest BCUT2D eigenvalue weighted by molar-refractivity contribution is -0.115. The summed E-state index contributed by atoms with van der Waals surface area (Å²) in [6.07, 6.45) is 1.82. The molecular weight excluding hydrogens is 496 g/mol. The van der Waals surface area contributed by atoms with Crippen LogP contribution in [0.3, 0.4) is 0 Å². The quantitative estimate of drug-likeness (QED) is 0.537. The number of nitrogens with zero attached hydrogens (tertiary/aromatic N) is 1. The average Bonchev–Trinajstić information content (AvgIpc) is 2.96. The third-order valence-electron chi connectivity index (χ3n) is 3.55. The zero-order valence-electron chi connectivity index (χ0n) is 14.6. The Labute approximate surface area is 178 Å². The van der Waals surface area contributed by atoms with E-state index in [0.29, 0.717) is 22.4 Å². The summed E-state index contributed by atoms with van der Waals surface area (Å²) in [4.78, 5) is 17.3. The maximum absolute atomic E-state index is 12.3. The minimum atomic E-state index is -0.173. The fourth-order valence-electron chi connectivity index (χ4n) is 2.39. The van der Waals surface area contributed by atoms with E-state index >= 15 is 0 Å². The lowest BCUT2D eigenvalue weighted by atomic mass is 10.2. The van der Waals surface area contributed by atoms with Crippen LogP contribution in [-0.4, -0.2) is 24.8 Å². The number of hydrogen-bond donors (Lipinski definition) is 1. The molecule has 5 nitrogen and oxygen atoms in total. The van der Waals surface area contributed by atoms with Crippen LogP contribution in [0.15, 0.2) is 55.2 Å². The summed E-state index contributed by atoms with van der Waals surface area (Å²) in [6.45, 7) is 2.55. The Kier molecular flexibility index (Phi) is 6.62. The first-order valence-corrected chi connectivity index (χ1v) is 10.5. The molecule has 1 fully saturated rings. The molecule has 140 valence electrons. The molecule has 27 heavy (non-hydrogen) atoms. The number of nitrogens with one attached hydrogen (secondary N) is 1. The highest BCUT2D eigenvalue weighted by Crippen LogP contribution is 2.36. The van der Waals surface area contributed by atoms with Crippen molar-refractivity contribution in [1.29, 1.82) is 0 Å². The molecule has 8 heteroatoms. The summed E-state index contributed by atoms with van der Waals surface area (Å²) in [5.41, 5.74) is 1.62. The highest BCUT2D eigenvalue weighted by molar-refractivity contribution is 9.11. The summed E-state index contributed by atoms with van der Waals surface area (Å²) < 4.78 is 12.3. The van der Waals surface area contributed by atoms with E-state index in [1.54, 1.807) is 7.11 Å². The molecule has 1 saturated heterocycles. The zero-order chi connectivity index (χ0) is 19.4. The van der Waals surface area contributed by atoms with Gasteiger partial charge in [-0.15, -0.1) is 0 Å². The molecule has 0 radical (unpaired) electrons. The molecular formula is C19H16Br2N2O3S. The average molecular weight is 512 g/mol. The molecule has 0 saturated carbocycles. The van der Waals surface area contributed by atoms with Gasteiger partial charge in [-0.3, -0.25) is 4.79 Å². The molecule has 1 aliphatic rings. The third-order valence-corrected chi connectivity index (χ3v) is 5.64. The molecule has 2 aromatic rings. The normalized spacial score (nSPS) is 16.7. The lowest BCUT2D eigenvalue weighted by Crippen LogP contribution is -2.19. The van der Waals surface area contributed by atoms with Gasteiger partial charge in [-0.05, 0) is 98.6 Å².